The summed E-state index contributed by atoms with van der Waals surface area (Å²) in [7, 11) is 0. The summed E-state index contributed by atoms with van der Waals surface area (Å²) in [5, 5.41) is 10.0. The van der Waals surface area contributed by atoms with Crippen molar-refractivity contribution in [2.75, 3.05) is 0 Å². The quantitative estimate of drug-likeness (QED) is 0.888. The molecule has 0 aromatic heterocycles. The van der Waals surface area contributed by atoms with Gasteiger partial charge in [-0.2, -0.15) is 0 Å². The first-order chi connectivity index (χ1) is 8.99. The lowest BCUT2D eigenvalue weighted by Gasteiger charge is -2.14. The molecule has 0 saturated carbocycles. The van der Waals surface area contributed by atoms with E-state index in [1.54, 1.807) is 25.1 Å². The second kappa shape index (κ2) is 5.59. The Bertz CT molecular complexity index is 597. The molecule has 0 aliphatic rings. The Labute approximate surface area is 116 Å². The van der Waals surface area contributed by atoms with Crippen LogP contribution in [0.4, 0.5) is 4.39 Å². The highest BCUT2D eigenvalue weighted by molar-refractivity contribution is 6.32. The smallest absolute Gasteiger partial charge is 0.168 e. The maximum absolute atomic E-state index is 13.8. The van der Waals surface area contributed by atoms with Crippen molar-refractivity contribution >= 4 is 11.6 Å². The zero-order valence-corrected chi connectivity index (χ0v) is 11.4. The van der Waals surface area contributed by atoms with Crippen molar-refractivity contribution in [1.82, 2.24) is 0 Å². The van der Waals surface area contributed by atoms with Crippen molar-refractivity contribution in [3.05, 3.63) is 58.4 Å². The molecular formula is C15H14ClFO2. The molecule has 0 spiro atoms. The van der Waals surface area contributed by atoms with Crippen LogP contribution >= 0.6 is 11.6 Å². The second-order valence-corrected chi connectivity index (χ2v) is 4.78. The van der Waals surface area contributed by atoms with E-state index in [1.165, 1.54) is 12.1 Å². The lowest BCUT2D eigenvalue weighted by atomic mass is 10.1. The lowest BCUT2D eigenvalue weighted by Crippen LogP contribution is -1.99. The summed E-state index contributed by atoms with van der Waals surface area (Å²) >= 11 is 6.05. The van der Waals surface area contributed by atoms with Crippen LogP contribution in [0.3, 0.4) is 0 Å². The van der Waals surface area contributed by atoms with Crippen molar-refractivity contribution in [1.29, 1.82) is 0 Å². The molecule has 0 heterocycles. The molecule has 0 fully saturated rings. The Hall–Kier alpha value is -1.58. The monoisotopic (exact) mass is 280 g/mol. The van der Waals surface area contributed by atoms with Crippen molar-refractivity contribution in [3.8, 4) is 11.5 Å². The van der Waals surface area contributed by atoms with Crippen LogP contribution in [-0.2, 0) is 0 Å². The molecule has 1 atom stereocenters. The number of benzene rings is 2. The van der Waals surface area contributed by atoms with Crippen LogP contribution in [0, 0.1) is 12.7 Å². The Kier molecular flexibility index (Phi) is 4.08. The Morgan fingerprint density at radius 3 is 2.63 bits per heavy atom. The normalized spacial score (nSPS) is 12.3. The summed E-state index contributed by atoms with van der Waals surface area (Å²) in [5.41, 5.74) is 1.37. The first kappa shape index (κ1) is 13.8. The molecule has 0 amide bonds. The van der Waals surface area contributed by atoms with Gasteiger partial charge in [0.15, 0.2) is 11.6 Å². The number of aryl methyl sites for hydroxylation is 1. The molecule has 2 rings (SSSR count). The van der Waals surface area contributed by atoms with Gasteiger partial charge in [0, 0.05) is 5.56 Å². The Balaban J connectivity index is 2.43. The third kappa shape index (κ3) is 3.06. The SMILES string of the molecule is Cc1ccc(Oc2c(F)cccc2[C@@H](C)O)c(Cl)c1. The first-order valence-corrected chi connectivity index (χ1v) is 6.27. The van der Waals surface area contributed by atoms with Crippen molar-refractivity contribution in [2.45, 2.75) is 20.0 Å². The predicted octanol–water partition coefficient (Wildman–Crippen LogP) is 4.63. The van der Waals surface area contributed by atoms with Crippen LogP contribution in [-0.4, -0.2) is 5.11 Å². The van der Waals surface area contributed by atoms with Crippen LogP contribution in [0.5, 0.6) is 11.5 Å². The molecule has 0 radical (unpaired) electrons. The summed E-state index contributed by atoms with van der Waals surface area (Å²) < 4.78 is 19.3. The Morgan fingerprint density at radius 1 is 1.26 bits per heavy atom. The fourth-order valence-electron chi connectivity index (χ4n) is 1.76. The summed E-state index contributed by atoms with van der Waals surface area (Å²) in [4.78, 5) is 0. The molecule has 0 saturated heterocycles. The van der Waals surface area contributed by atoms with E-state index < -0.39 is 11.9 Å². The van der Waals surface area contributed by atoms with E-state index in [0.29, 0.717) is 16.3 Å². The van der Waals surface area contributed by atoms with Gasteiger partial charge in [0.05, 0.1) is 11.1 Å². The standard InChI is InChI=1S/C15H14ClFO2/c1-9-6-7-14(12(16)8-9)19-15-11(10(2)18)4-3-5-13(15)17/h3-8,10,18H,1-2H3/t10-/m1/s1. The number of ether oxygens (including phenoxy) is 1. The highest BCUT2D eigenvalue weighted by Crippen LogP contribution is 2.35. The van der Waals surface area contributed by atoms with Gasteiger partial charge in [0.2, 0.25) is 0 Å². The van der Waals surface area contributed by atoms with E-state index in [0.717, 1.165) is 5.56 Å². The van der Waals surface area contributed by atoms with Gasteiger partial charge in [-0.3, -0.25) is 0 Å². The Morgan fingerprint density at radius 2 is 2.00 bits per heavy atom. The van der Waals surface area contributed by atoms with Gasteiger partial charge in [-0.05, 0) is 37.6 Å². The molecule has 2 aromatic carbocycles. The predicted molar refractivity (Wildman–Crippen MR) is 73.3 cm³/mol. The average Bonchev–Trinajstić information content (AvgIpc) is 2.34. The number of hydrogen-bond acceptors (Lipinski definition) is 2. The number of aliphatic hydroxyl groups excluding tert-OH is 1. The lowest BCUT2D eigenvalue weighted by molar-refractivity contribution is 0.194. The van der Waals surface area contributed by atoms with Gasteiger partial charge in [-0.15, -0.1) is 0 Å². The minimum absolute atomic E-state index is 0.00301. The summed E-state index contributed by atoms with van der Waals surface area (Å²) in [6, 6.07) is 9.66. The van der Waals surface area contributed by atoms with Gasteiger partial charge in [0.1, 0.15) is 5.75 Å². The molecule has 0 bridgehead atoms. The van der Waals surface area contributed by atoms with Crippen molar-refractivity contribution < 1.29 is 14.2 Å². The topological polar surface area (TPSA) is 29.5 Å². The fraction of sp³-hybridized carbons (Fsp3) is 0.200. The third-order valence-corrected chi connectivity index (χ3v) is 3.04. The summed E-state index contributed by atoms with van der Waals surface area (Å²) in [6.07, 6.45) is -0.824. The number of rotatable bonds is 3. The van der Waals surface area contributed by atoms with Gasteiger partial charge in [-0.25, -0.2) is 4.39 Å². The molecule has 2 nitrogen and oxygen atoms in total. The third-order valence-electron chi connectivity index (χ3n) is 2.75. The molecular weight excluding hydrogens is 267 g/mol. The van der Waals surface area contributed by atoms with Gasteiger partial charge in [-0.1, -0.05) is 29.8 Å². The van der Waals surface area contributed by atoms with Gasteiger partial charge >= 0.3 is 0 Å². The largest absolute Gasteiger partial charge is 0.452 e. The molecule has 1 N–H and O–H groups in total. The molecule has 2 aromatic rings. The number of halogens is 2. The summed E-state index contributed by atoms with van der Waals surface area (Å²) in [5.74, 6) is -0.169. The van der Waals surface area contributed by atoms with Crippen LogP contribution in [0.2, 0.25) is 5.02 Å². The molecule has 4 heteroatoms. The van der Waals surface area contributed by atoms with Gasteiger partial charge < -0.3 is 9.84 Å². The molecule has 0 unspecified atom stereocenters. The second-order valence-electron chi connectivity index (χ2n) is 4.37. The van der Waals surface area contributed by atoms with E-state index in [1.807, 2.05) is 13.0 Å². The maximum Gasteiger partial charge on any atom is 0.168 e. The number of para-hydroxylation sites is 1. The minimum Gasteiger partial charge on any atom is -0.452 e. The van der Waals surface area contributed by atoms with Crippen molar-refractivity contribution in [2.24, 2.45) is 0 Å². The van der Waals surface area contributed by atoms with E-state index in [4.69, 9.17) is 16.3 Å². The highest BCUT2D eigenvalue weighted by atomic mass is 35.5. The highest BCUT2D eigenvalue weighted by Gasteiger charge is 2.15. The zero-order valence-electron chi connectivity index (χ0n) is 10.7. The number of hydrogen-bond donors (Lipinski definition) is 1. The van der Waals surface area contributed by atoms with Crippen LogP contribution < -0.4 is 4.74 Å². The minimum atomic E-state index is -0.824. The van der Waals surface area contributed by atoms with Crippen LogP contribution in [0.15, 0.2) is 36.4 Å². The van der Waals surface area contributed by atoms with Crippen molar-refractivity contribution in [3.63, 3.8) is 0 Å². The number of aliphatic hydroxyl groups is 1. The average molecular weight is 281 g/mol. The van der Waals surface area contributed by atoms with E-state index in [9.17, 15) is 9.50 Å². The molecule has 19 heavy (non-hydrogen) atoms. The van der Waals surface area contributed by atoms with E-state index in [-0.39, 0.29) is 5.75 Å². The molecule has 0 aliphatic heterocycles. The van der Waals surface area contributed by atoms with E-state index in [2.05, 4.69) is 0 Å². The van der Waals surface area contributed by atoms with Gasteiger partial charge in [0.25, 0.3) is 0 Å². The van der Waals surface area contributed by atoms with Crippen LogP contribution in [0.25, 0.3) is 0 Å². The van der Waals surface area contributed by atoms with Crippen LogP contribution in [0.1, 0.15) is 24.2 Å². The van der Waals surface area contributed by atoms with E-state index >= 15 is 0 Å². The fourth-order valence-corrected chi connectivity index (χ4v) is 2.03. The maximum atomic E-state index is 13.8. The molecule has 100 valence electrons. The molecule has 0 aliphatic carbocycles. The zero-order chi connectivity index (χ0) is 14.0. The summed E-state index contributed by atoms with van der Waals surface area (Å²) in [6.45, 7) is 3.46. The first-order valence-electron chi connectivity index (χ1n) is 5.89.